The van der Waals surface area contributed by atoms with Crippen molar-refractivity contribution in [3.05, 3.63) is 41.7 Å². The van der Waals surface area contributed by atoms with E-state index in [-0.39, 0.29) is 5.56 Å². The molecule has 0 saturated heterocycles. The van der Waals surface area contributed by atoms with Crippen LogP contribution in [0.15, 0.2) is 30.4 Å². The van der Waals surface area contributed by atoms with Crippen molar-refractivity contribution in [3.8, 4) is 0 Å². The minimum Gasteiger partial charge on any atom is -0.478 e. The molecule has 1 aromatic carbocycles. The number of fused-ring (bicyclic) bond motifs is 1. The van der Waals surface area contributed by atoms with Crippen molar-refractivity contribution >= 4 is 23.1 Å². The number of aromatic carboxylic acids is 1. The van der Waals surface area contributed by atoms with Crippen molar-refractivity contribution in [1.29, 1.82) is 0 Å². The predicted octanol–water partition coefficient (Wildman–Crippen LogP) is 3.50. The van der Waals surface area contributed by atoms with Gasteiger partial charge in [-0.15, -0.1) is 0 Å². The second kappa shape index (κ2) is 6.23. The highest BCUT2D eigenvalue weighted by Gasteiger charge is 2.31. The number of nitrogens with one attached hydrogen (secondary N) is 1. The fourth-order valence-corrected chi connectivity index (χ4v) is 2.81. The number of benzene rings is 1. The van der Waals surface area contributed by atoms with Crippen LogP contribution in [0.25, 0.3) is 11.0 Å². The first kappa shape index (κ1) is 17.0. The van der Waals surface area contributed by atoms with Crippen LogP contribution in [0.4, 0.5) is 4.79 Å². The Morgan fingerprint density at radius 3 is 2.80 bits per heavy atom. The third-order valence-corrected chi connectivity index (χ3v) is 3.86. The number of carboxylic acids is 1. The van der Waals surface area contributed by atoms with Gasteiger partial charge in [0.1, 0.15) is 23.0 Å². The number of H-pyrrole nitrogens is 1. The van der Waals surface area contributed by atoms with Crippen LogP contribution in [-0.4, -0.2) is 44.2 Å². The van der Waals surface area contributed by atoms with E-state index >= 15 is 0 Å². The van der Waals surface area contributed by atoms with E-state index in [4.69, 9.17) is 4.74 Å². The maximum atomic E-state index is 12.5. The van der Waals surface area contributed by atoms with E-state index in [2.05, 4.69) is 9.97 Å². The van der Waals surface area contributed by atoms with Crippen molar-refractivity contribution in [2.45, 2.75) is 38.8 Å². The summed E-state index contributed by atoms with van der Waals surface area (Å²) in [4.78, 5) is 33.1. The Balaban J connectivity index is 1.98. The summed E-state index contributed by atoms with van der Waals surface area (Å²) >= 11 is 0. The summed E-state index contributed by atoms with van der Waals surface area (Å²) in [5.41, 5.74) is 0.544. The molecule has 1 aromatic heterocycles. The number of para-hydroxylation sites is 1. The topological polar surface area (TPSA) is 95.5 Å². The number of aromatic nitrogens is 2. The molecule has 1 aliphatic heterocycles. The van der Waals surface area contributed by atoms with E-state index in [9.17, 15) is 14.7 Å². The standard InChI is InChI=1S/C18H21N3O4/c1-18(2,3)25-17(24)21-10-5-4-9-13(21)15-19-12-8-6-7-11(16(22)23)14(12)20-15/h4,6-9,13H,5,10H2,1-3H3,(H,19,20)(H,22,23). The molecule has 132 valence electrons. The number of hydrogen-bond acceptors (Lipinski definition) is 4. The average Bonchev–Trinajstić information content (AvgIpc) is 2.96. The number of carbonyl (C=O) groups excluding carboxylic acids is 1. The number of aromatic amines is 1. The second-order valence-corrected chi connectivity index (χ2v) is 6.96. The number of nitrogens with zero attached hydrogens (tertiary/aromatic N) is 2. The van der Waals surface area contributed by atoms with Gasteiger partial charge in [-0.3, -0.25) is 4.90 Å². The maximum absolute atomic E-state index is 12.5. The number of amides is 1. The van der Waals surface area contributed by atoms with Gasteiger partial charge < -0.3 is 14.8 Å². The first-order valence-electron chi connectivity index (χ1n) is 8.14. The number of imidazole rings is 1. The molecular weight excluding hydrogens is 322 g/mol. The van der Waals surface area contributed by atoms with E-state index in [1.54, 1.807) is 17.0 Å². The van der Waals surface area contributed by atoms with Crippen LogP contribution in [0.1, 0.15) is 49.4 Å². The Bertz CT molecular complexity index is 848. The molecular formula is C18H21N3O4. The first-order chi connectivity index (χ1) is 11.8. The first-order valence-corrected chi connectivity index (χ1v) is 8.14. The van der Waals surface area contributed by atoms with Crippen LogP contribution < -0.4 is 0 Å². The van der Waals surface area contributed by atoms with Crippen LogP contribution >= 0.6 is 0 Å². The highest BCUT2D eigenvalue weighted by atomic mass is 16.6. The molecule has 2 N–H and O–H groups in total. The summed E-state index contributed by atoms with van der Waals surface area (Å²) in [5, 5.41) is 9.32. The molecule has 2 heterocycles. The average molecular weight is 343 g/mol. The fraction of sp³-hybridized carbons (Fsp3) is 0.389. The lowest BCUT2D eigenvalue weighted by atomic mass is 10.1. The van der Waals surface area contributed by atoms with Gasteiger partial charge in [0.2, 0.25) is 0 Å². The van der Waals surface area contributed by atoms with Crippen LogP contribution in [0, 0.1) is 0 Å². The smallest absolute Gasteiger partial charge is 0.411 e. The summed E-state index contributed by atoms with van der Waals surface area (Å²) in [7, 11) is 0. The Morgan fingerprint density at radius 1 is 1.36 bits per heavy atom. The lowest BCUT2D eigenvalue weighted by Gasteiger charge is -2.33. The zero-order valence-corrected chi connectivity index (χ0v) is 14.4. The molecule has 1 amide bonds. The highest BCUT2D eigenvalue weighted by molar-refractivity contribution is 6.00. The second-order valence-electron chi connectivity index (χ2n) is 6.96. The van der Waals surface area contributed by atoms with Crippen LogP contribution in [0.3, 0.4) is 0 Å². The van der Waals surface area contributed by atoms with Gasteiger partial charge in [0.15, 0.2) is 0 Å². The summed E-state index contributed by atoms with van der Waals surface area (Å²) in [6.07, 6.45) is 4.18. The van der Waals surface area contributed by atoms with Gasteiger partial charge in [0.05, 0.1) is 11.1 Å². The number of hydrogen-bond donors (Lipinski definition) is 2. The molecule has 0 aliphatic carbocycles. The monoisotopic (exact) mass is 343 g/mol. The summed E-state index contributed by atoms with van der Waals surface area (Å²) < 4.78 is 5.48. The molecule has 3 rings (SSSR count). The van der Waals surface area contributed by atoms with Crippen LogP contribution in [0.5, 0.6) is 0 Å². The Morgan fingerprint density at radius 2 is 2.12 bits per heavy atom. The van der Waals surface area contributed by atoms with Crippen molar-refractivity contribution in [2.75, 3.05) is 6.54 Å². The van der Waals surface area contributed by atoms with E-state index in [0.717, 1.165) is 6.42 Å². The molecule has 25 heavy (non-hydrogen) atoms. The zero-order chi connectivity index (χ0) is 18.2. The minimum atomic E-state index is -1.04. The van der Waals surface area contributed by atoms with Crippen LogP contribution in [0.2, 0.25) is 0 Å². The molecule has 7 nitrogen and oxygen atoms in total. The number of rotatable bonds is 2. The van der Waals surface area contributed by atoms with Gasteiger partial charge in [-0.25, -0.2) is 14.6 Å². The quantitative estimate of drug-likeness (QED) is 0.814. The largest absolute Gasteiger partial charge is 0.478 e. The summed E-state index contributed by atoms with van der Waals surface area (Å²) in [6, 6.07) is 4.52. The molecule has 7 heteroatoms. The molecule has 1 aliphatic rings. The SMILES string of the molecule is CC(C)(C)OC(=O)N1CCC=CC1c1nc2c(C(=O)O)cccc2[nH]1. The fourth-order valence-electron chi connectivity index (χ4n) is 2.81. The Labute approximate surface area is 145 Å². The van der Waals surface area contributed by atoms with Crippen molar-refractivity contribution < 1.29 is 19.4 Å². The Kier molecular flexibility index (Phi) is 4.24. The van der Waals surface area contributed by atoms with Crippen LogP contribution in [-0.2, 0) is 4.74 Å². The van der Waals surface area contributed by atoms with E-state index in [1.807, 2.05) is 32.9 Å². The maximum Gasteiger partial charge on any atom is 0.411 e. The number of ether oxygens (including phenoxy) is 1. The van der Waals surface area contributed by atoms with E-state index < -0.39 is 23.7 Å². The zero-order valence-electron chi connectivity index (χ0n) is 14.4. The van der Waals surface area contributed by atoms with Gasteiger partial charge in [0, 0.05) is 6.54 Å². The molecule has 1 atom stereocenters. The molecule has 0 saturated carbocycles. The lowest BCUT2D eigenvalue weighted by Crippen LogP contribution is -2.40. The van der Waals surface area contributed by atoms with Gasteiger partial charge in [0.25, 0.3) is 0 Å². The lowest BCUT2D eigenvalue weighted by molar-refractivity contribution is 0.0184. The molecule has 0 fully saturated rings. The van der Waals surface area contributed by atoms with Gasteiger partial charge >= 0.3 is 12.1 Å². The third-order valence-electron chi connectivity index (χ3n) is 3.86. The number of carboxylic acid groups (broad SMARTS) is 1. The summed E-state index contributed by atoms with van der Waals surface area (Å²) in [6.45, 7) is 5.97. The predicted molar refractivity (Wildman–Crippen MR) is 92.5 cm³/mol. The Hall–Kier alpha value is -2.83. The normalized spacial score (nSPS) is 17.7. The summed E-state index contributed by atoms with van der Waals surface area (Å²) in [5.74, 6) is -0.516. The van der Waals surface area contributed by atoms with Crippen molar-refractivity contribution in [3.63, 3.8) is 0 Å². The highest BCUT2D eigenvalue weighted by Crippen LogP contribution is 2.28. The van der Waals surface area contributed by atoms with Gasteiger partial charge in [-0.2, -0.15) is 0 Å². The molecule has 1 unspecified atom stereocenters. The van der Waals surface area contributed by atoms with Gasteiger partial charge in [-0.05, 0) is 39.3 Å². The van der Waals surface area contributed by atoms with E-state index in [0.29, 0.717) is 23.4 Å². The van der Waals surface area contributed by atoms with Crippen molar-refractivity contribution in [1.82, 2.24) is 14.9 Å². The van der Waals surface area contributed by atoms with Gasteiger partial charge in [-0.1, -0.05) is 18.2 Å². The molecule has 0 radical (unpaired) electrons. The number of carbonyl (C=O) groups is 2. The van der Waals surface area contributed by atoms with E-state index in [1.165, 1.54) is 6.07 Å². The molecule has 0 spiro atoms. The molecule has 0 bridgehead atoms. The van der Waals surface area contributed by atoms with Crippen molar-refractivity contribution in [2.24, 2.45) is 0 Å². The minimum absolute atomic E-state index is 0.128. The molecule has 2 aromatic rings. The third kappa shape index (κ3) is 3.50.